The van der Waals surface area contributed by atoms with Crippen molar-refractivity contribution in [2.24, 2.45) is 0 Å². The van der Waals surface area contributed by atoms with E-state index in [1.54, 1.807) is 6.20 Å². The zero-order valence-corrected chi connectivity index (χ0v) is 17.5. The lowest BCUT2D eigenvalue weighted by Gasteiger charge is -2.27. The Labute approximate surface area is 180 Å². The third kappa shape index (κ3) is 3.09. The molecule has 0 spiro atoms. The first-order valence-electron chi connectivity index (χ1n) is 9.82. The van der Waals surface area contributed by atoms with Gasteiger partial charge in [0.25, 0.3) is 0 Å². The summed E-state index contributed by atoms with van der Waals surface area (Å²) in [6.45, 7) is 4.94. The third-order valence-electron chi connectivity index (χ3n) is 5.51. The van der Waals surface area contributed by atoms with E-state index in [0.717, 1.165) is 51.4 Å². The molecule has 6 nitrogen and oxygen atoms in total. The number of hydrogen-bond donors (Lipinski definition) is 1. The molecule has 4 aromatic rings. The van der Waals surface area contributed by atoms with Crippen LogP contribution < -0.4 is 10.6 Å². The fraction of sp³-hybridized carbons (Fsp3) is 0.174. The molecule has 0 amide bonds. The fourth-order valence-electron chi connectivity index (χ4n) is 4.00. The zero-order chi connectivity index (χ0) is 20.8. The topological polar surface area (TPSA) is 72.9 Å². The number of pyridine rings is 1. The Morgan fingerprint density at radius 2 is 1.73 bits per heavy atom. The van der Waals surface area contributed by atoms with Crippen molar-refractivity contribution in [3.05, 3.63) is 77.5 Å². The molecule has 0 aliphatic carbocycles. The van der Waals surface area contributed by atoms with Crippen LogP contribution in [0.5, 0.6) is 0 Å². The van der Waals surface area contributed by atoms with Gasteiger partial charge in [0, 0.05) is 34.9 Å². The second kappa shape index (κ2) is 7.15. The number of nitrogens with zero attached hydrogens (tertiary/aromatic N) is 5. The summed E-state index contributed by atoms with van der Waals surface area (Å²) in [5.41, 5.74) is 11.1. The van der Waals surface area contributed by atoms with Gasteiger partial charge in [-0.3, -0.25) is 4.57 Å². The number of aryl methyl sites for hydroxylation is 1. The molecule has 2 N–H and O–H groups in total. The predicted molar refractivity (Wildman–Crippen MR) is 121 cm³/mol. The molecular formula is C23H21ClN6. The van der Waals surface area contributed by atoms with Crippen LogP contribution in [0.1, 0.15) is 24.5 Å². The maximum atomic E-state index is 6.15. The van der Waals surface area contributed by atoms with E-state index in [2.05, 4.69) is 61.9 Å². The first-order valence-corrected chi connectivity index (χ1v) is 10.2. The van der Waals surface area contributed by atoms with Gasteiger partial charge in [0.15, 0.2) is 0 Å². The number of nitrogen functional groups attached to an aromatic ring is 1. The molecule has 2 aromatic carbocycles. The first-order chi connectivity index (χ1) is 14.5. The number of benzene rings is 2. The summed E-state index contributed by atoms with van der Waals surface area (Å²) in [6, 6.07) is 18.2. The number of aromatic nitrogens is 4. The normalized spacial score (nSPS) is 15.4. The van der Waals surface area contributed by atoms with Crippen LogP contribution in [0.25, 0.3) is 16.8 Å². The van der Waals surface area contributed by atoms with E-state index in [1.807, 2.05) is 31.2 Å². The van der Waals surface area contributed by atoms with Gasteiger partial charge in [-0.25, -0.2) is 4.98 Å². The zero-order valence-electron chi connectivity index (χ0n) is 16.7. The highest BCUT2D eigenvalue weighted by atomic mass is 35.5. The van der Waals surface area contributed by atoms with Gasteiger partial charge in [-0.2, -0.15) is 0 Å². The molecule has 7 heteroatoms. The van der Waals surface area contributed by atoms with E-state index >= 15 is 0 Å². The van der Waals surface area contributed by atoms with E-state index < -0.39 is 0 Å². The number of rotatable bonds is 2. The molecule has 1 unspecified atom stereocenters. The van der Waals surface area contributed by atoms with Gasteiger partial charge in [0.05, 0.1) is 11.4 Å². The molecule has 30 heavy (non-hydrogen) atoms. The maximum Gasteiger partial charge on any atom is 0.142 e. The number of hydrogen-bond acceptors (Lipinski definition) is 5. The minimum absolute atomic E-state index is 0.191. The maximum absolute atomic E-state index is 6.15. The van der Waals surface area contributed by atoms with Gasteiger partial charge in [-0.15, -0.1) is 10.2 Å². The first kappa shape index (κ1) is 18.6. The molecule has 5 rings (SSSR count). The second-order valence-corrected chi connectivity index (χ2v) is 8.04. The minimum atomic E-state index is 0.191. The molecule has 1 aliphatic rings. The number of halogens is 1. The highest BCUT2D eigenvalue weighted by Gasteiger charge is 2.28. The summed E-state index contributed by atoms with van der Waals surface area (Å²) in [6.07, 6.45) is 1.80. The highest BCUT2D eigenvalue weighted by Crippen LogP contribution is 2.40. The Morgan fingerprint density at radius 3 is 2.47 bits per heavy atom. The monoisotopic (exact) mass is 416 g/mol. The van der Waals surface area contributed by atoms with Crippen molar-refractivity contribution < 1.29 is 0 Å². The number of nitrogens with two attached hydrogens (primary N) is 1. The molecule has 0 saturated heterocycles. The van der Waals surface area contributed by atoms with Gasteiger partial charge in [0.2, 0.25) is 0 Å². The lowest BCUT2D eigenvalue weighted by atomic mass is 10.0. The van der Waals surface area contributed by atoms with Gasteiger partial charge in [-0.1, -0.05) is 24.6 Å². The summed E-state index contributed by atoms with van der Waals surface area (Å²) in [4.78, 5) is 6.57. The smallest absolute Gasteiger partial charge is 0.142 e. The summed E-state index contributed by atoms with van der Waals surface area (Å²) in [5, 5.41) is 9.53. The van der Waals surface area contributed by atoms with Crippen LogP contribution >= 0.6 is 11.6 Å². The number of anilines is 3. The van der Waals surface area contributed by atoms with E-state index in [0.29, 0.717) is 5.82 Å². The van der Waals surface area contributed by atoms with Crippen molar-refractivity contribution >= 4 is 28.8 Å². The van der Waals surface area contributed by atoms with Crippen molar-refractivity contribution in [2.75, 3.05) is 17.2 Å². The van der Waals surface area contributed by atoms with E-state index in [1.165, 1.54) is 0 Å². The van der Waals surface area contributed by atoms with Crippen LogP contribution in [-0.4, -0.2) is 26.3 Å². The van der Waals surface area contributed by atoms with Crippen LogP contribution in [0.15, 0.2) is 60.8 Å². The molecule has 0 radical (unpaired) electrons. The molecule has 0 saturated carbocycles. The fourth-order valence-corrected chi connectivity index (χ4v) is 4.13. The molecule has 1 atom stereocenters. The lowest BCUT2D eigenvalue weighted by Crippen LogP contribution is -2.22. The molecule has 2 aromatic heterocycles. The lowest BCUT2D eigenvalue weighted by molar-refractivity contribution is 0.696. The van der Waals surface area contributed by atoms with Crippen LogP contribution in [0.2, 0.25) is 5.02 Å². The molecular weight excluding hydrogens is 396 g/mol. The highest BCUT2D eigenvalue weighted by molar-refractivity contribution is 6.30. The Balaban J connectivity index is 1.73. The molecule has 0 bridgehead atoms. The van der Waals surface area contributed by atoms with Crippen molar-refractivity contribution in [2.45, 2.75) is 19.8 Å². The van der Waals surface area contributed by atoms with Crippen LogP contribution in [0, 0.1) is 6.92 Å². The summed E-state index contributed by atoms with van der Waals surface area (Å²) in [5.74, 6) is 2.54. The van der Waals surface area contributed by atoms with Gasteiger partial charge >= 0.3 is 0 Å². The molecule has 150 valence electrons. The average molecular weight is 417 g/mol. The third-order valence-corrected chi connectivity index (χ3v) is 5.76. The summed E-state index contributed by atoms with van der Waals surface area (Å²) in [7, 11) is 0. The predicted octanol–water partition coefficient (Wildman–Crippen LogP) is 5.13. The quantitative estimate of drug-likeness (QED) is 0.490. The van der Waals surface area contributed by atoms with Crippen molar-refractivity contribution in [3.8, 4) is 16.8 Å². The van der Waals surface area contributed by atoms with Gasteiger partial charge in [0.1, 0.15) is 17.5 Å². The van der Waals surface area contributed by atoms with Gasteiger partial charge in [-0.05, 0) is 61.0 Å². The van der Waals surface area contributed by atoms with E-state index in [4.69, 9.17) is 17.3 Å². The van der Waals surface area contributed by atoms with Crippen molar-refractivity contribution in [3.63, 3.8) is 0 Å². The Hall–Kier alpha value is -3.38. The Kier molecular flexibility index (Phi) is 4.44. The Bertz CT molecular complexity index is 1210. The number of fused-ring (bicyclic) bond motifs is 3. The van der Waals surface area contributed by atoms with Crippen molar-refractivity contribution in [1.29, 1.82) is 0 Å². The molecule has 0 fully saturated rings. The molecule has 3 heterocycles. The van der Waals surface area contributed by atoms with Gasteiger partial charge < -0.3 is 10.6 Å². The van der Waals surface area contributed by atoms with Crippen LogP contribution in [0.3, 0.4) is 0 Å². The summed E-state index contributed by atoms with van der Waals surface area (Å²) < 4.78 is 2.15. The average Bonchev–Trinajstić information content (AvgIpc) is 3.08. The minimum Gasteiger partial charge on any atom is -0.384 e. The van der Waals surface area contributed by atoms with E-state index in [9.17, 15) is 0 Å². The second-order valence-electron chi connectivity index (χ2n) is 7.60. The standard InChI is InChI=1S/C23H21ClN6/c1-14-13-29(19-7-5-18(24)6-8-19)21-11-16(17-4-10-22(25)26-12-17)3-9-20(21)30-15(2)27-28-23(14)30/h3-12,14H,13H2,1-2H3,(H2,25,26). The largest absolute Gasteiger partial charge is 0.384 e. The van der Waals surface area contributed by atoms with E-state index in [-0.39, 0.29) is 5.92 Å². The molecule has 1 aliphatic heterocycles. The van der Waals surface area contributed by atoms with Crippen LogP contribution in [-0.2, 0) is 0 Å². The van der Waals surface area contributed by atoms with Crippen molar-refractivity contribution in [1.82, 2.24) is 19.7 Å². The summed E-state index contributed by atoms with van der Waals surface area (Å²) >= 11 is 6.15. The Morgan fingerprint density at radius 1 is 0.967 bits per heavy atom. The van der Waals surface area contributed by atoms with Crippen LogP contribution in [0.4, 0.5) is 17.2 Å². The SMILES string of the molecule is Cc1nnc2n1-c1ccc(-c3ccc(N)nc3)cc1N(c1ccc(Cl)cc1)CC2C.